The molecule has 0 radical (unpaired) electrons. The second-order valence-corrected chi connectivity index (χ2v) is 6.62. The number of carbonyl (C=O) groups is 1. The molecule has 110 valence electrons. The lowest BCUT2D eigenvalue weighted by Gasteiger charge is -2.13. The standard InChI is InChI=1S/C15H18N4OS/c1-10-5-3-4-6-13(10)19-9-16-18-15(19)21-11(2)14(20)17-12-7-8-12/h3-6,9,11-12H,7-8H2,1-2H3,(H,17,20)/t11-/m1/s1. The zero-order valence-corrected chi connectivity index (χ0v) is 12.9. The summed E-state index contributed by atoms with van der Waals surface area (Å²) in [5.41, 5.74) is 2.19. The van der Waals surface area contributed by atoms with E-state index in [1.807, 2.05) is 42.7 Å². The monoisotopic (exact) mass is 302 g/mol. The Morgan fingerprint density at radius 2 is 2.19 bits per heavy atom. The van der Waals surface area contributed by atoms with Crippen molar-refractivity contribution in [1.82, 2.24) is 20.1 Å². The molecule has 0 aliphatic heterocycles. The first-order chi connectivity index (χ1) is 10.1. The van der Waals surface area contributed by atoms with Crippen LogP contribution in [0.2, 0.25) is 0 Å². The highest BCUT2D eigenvalue weighted by molar-refractivity contribution is 8.00. The van der Waals surface area contributed by atoms with E-state index < -0.39 is 0 Å². The van der Waals surface area contributed by atoms with E-state index in [-0.39, 0.29) is 11.2 Å². The van der Waals surface area contributed by atoms with Gasteiger partial charge in [0.05, 0.1) is 10.9 Å². The highest BCUT2D eigenvalue weighted by Crippen LogP contribution is 2.26. The molecule has 1 aliphatic carbocycles. The van der Waals surface area contributed by atoms with Crippen LogP contribution in [0.15, 0.2) is 35.7 Å². The van der Waals surface area contributed by atoms with Gasteiger partial charge in [0.25, 0.3) is 0 Å². The minimum Gasteiger partial charge on any atom is -0.352 e. The van der Waals surface area contributed by atoms with E-state index in [4.69, 9.17) is 0 Å². The maximum Gasteiger partial charge on any atom is 0.233 e. The summed E-state index contributed by atoms with van der Waals surface area (Å²) in [5.74, 6) is 0.0711. The number of aryl methyl sites for hydroxylation is 1. The van der Waals surface area contributed by atoms with Gasteiger partial charge >= 0.3 is 0 Å². The predicted molar refractivity (Wildman–Crippen MR) is 82.6 cm³/mol. The van der Waals surface area contributed by atoms with Gasteiger partial charge < -0.3 is 5.32 Å². The molecule has 3 rings (SSSR count). The van der Waals surface area contributed by atoms with Crippen LogP contribution in [0, 0.1) is 6.92 Å². The number of amides is 1. The molecule has 6 heteroatoms. The third-order valence-electron chi connectivity index (χ3n) is 3.47. The van der Waals surface area contributed by atoms with Crippen LogP contribution in [0.1, 0.15) is 25.3 Å². The van der Waals surface area contributed by atoms with Gasteiger partial charge in [-0.15, -0.1) is 10.2 Å². The Hall–Kier alpha value is -1.82. The quantitative estimate of drug-likeness (QED) is 0.861. The topological polar surface area (TPSA) is 59.8 Å². The molecule has 1 aromatic heterocycles. The smallest absolute Gasteiger partial charge is 0.233 e. The molecule has 5 nitrogen and oxygen atoms in total. The van der Waals surface area contributed by atoms with Gasteiger partial charge in [-0.05, 0) is 38.3 Å². The molecule has 1 atom stereocenters. The van der Waals surface area contributed by atoms with Crippen LogP contribution in [0.25, 0.3) is 5.69 Å². The number of para-hydroxylation sites is 1. The number of nitrogens with one attached hydrogen (secondary N) is 1. The first kappa shape index (κ1) is 14.1. The Labute approximate surface area is 128 Å². The summed E-state index contributed by atoms with van der Waals surface area (Å²) in [6, 6.07) is 8.45. The largest absolute Gasteiger partial charge is 0.352 e. The van der Waals surface area contributed by atoms with Gasteiger partial charge in [0.1, 0.15) is 6.33 Å². The molecule has 1 aromatic carbocycles. The van der Waals surface area contributed by atoms with Crippen molar-refractivity contribution in [2.24, 2.45) is 0 Å². The van der Waals surface area contributed by atoms with E-state index in [0.29, 0.717) is 6.04 Å². The third kappa shape index (κ3) is 3.26. The Bertz CT molecular complexity index is 651. The maximum atomic E-state index is 12.0. The zero-order chi connectivity index (χ0) is 14.8. The zero-order valence-electron chi connectivity index (χ0n) is 12.1. The van der Waals surface area contributed by atoms with E-state index in [0.717, 1.165) is 29.2 Å². The van der Waals surface area contributed by atoms with Gasteiger partial charge in [-0.25, -0.2) is 0 Å². The van der Waals surface area contributed by atoms with Gasteiger partial charge in [0, 0.05) is 6.04 Å². The van der Waals surface area contributed by atoms with Crippen molar-refractivity contribution in [3.8, 4) is 5.69 Å². The highest BCUT2D eigenvalue weighted by atomic mass is 32.2. The van der Waals surface area contributed by atoms with Crippen LogP contribution < -0.4 is 5.32 Å². The van der Waals surface area contributed by atoms with Gasteiger partial charge in [-0.2, -0.15) is 0 Å². The summed E-state index contributed by atoms with van der Waals surface area (Å²) in [6.45, 7) is 3.95. The molecule has 1 fully saturated rings. The van der Waals surface area contributed by atoms with Crippen LogP contribution in [0.3, 0.4) is 0 Å². The fourth-order valence-electron chi connectivity index (χ4n) is 2.06. The molecule has 0 saturated heterocycles. The Morgan fingerprint density at radius 1 is 1.43 bits per heavy atom. The van der Waals surface area contributed by atoms with Crippen LogP contribution in [0.5, 0.6) is 0 Å². The molecule has 1 heterocycles. The minimum atomic E-state index is -0.183. The number of hydrogen-bond donors (Lipinski definition) is 1. The lowest BCUT2D eigenvalue weighted by molar-refractivity contribution is -0.120. The molecule has 1 N–H and O–H groups in total. The average molecular weight is 302 g/mol. The summed E-state index contributed by atoms with van der Waals surface area (Å²) < 4.78 is 1.93. The van der Waals surface area contributed by atoms with Crippen LogP contribution in [-0.4, -0.2) is 32.0 Å². The van der Waals surface area contributed by atoms with Crippen LogP contribution >= 0.6 is 11.8 Å². The first-order valence-corrected chi connectivity index (χ1v) is 7.96. The summed E-state index contributed by atoms with van der Waals surface area (Å²) >= 11 is 1.44. The lowest BCUT2D eigenvalue weighted by Crippen LogP contribution is -2.32. The number of nitrogens with zero attached hydrogens (tertiary/aromatic N) is 3. The normalized spacial score (nSPS) is 15.7. The number of carbonyl (C=O) groups excluding carboxylic acids is 1. The van der Waals surface area contributed by atoms with E-state index in [9.17, 15) is 4.79 Å². The van der Waals surface area contributed by atoms with E-state index in [1.54, 1.807) is 6.33 Å². The molecular weight excluding hydrogens is 284 g/mol. The van der Waals surface area contributed by atoms with Gasteiger partial charge in [-0.1, -0.05) is 30.0 Å². The second kappa shape index (κ2) is 5.89. The highest BCUT2D eigenvalue weighted by Gasteiger charge is 2.26. The van der Waals surface area contributed by atoms with Crippen molar-refractivity contribution in [2.45, 2.75) is 43.1 Å². The number of aromatic nitrogens is 3. The van der Waals surface area contributed by atoms with Crippen molar-refractivity contribution in [2.75, 3.05) is 0 Å². The Balaban J connectivity index is 1.76. The predicted octanol–water partition coefficient (Wildman–Crippen LogP) is 2.33. The summed E-state index contributed by atoms with van der Waals surface area (Å²) in [6.07, 6.45) is 3.89. The lowest BCUT2D eigenvalue weighted by atomic mass is 10.2. The van der Waals surface area contributed by atoms with E-state index >= 15 is 0 Å². The molecule has 0 spiro atoms. The first-order valence-electron chi connectivity index (χ1n) is 7.08. The summed E-state index contributed by atoms with van der Waals surface area (Å²) in [7, 11) is 0. The summed E-state index contributed by atoms with van der Waals surface area (Å²) in [5, 5.41) is 11.7. The molecule has 2 aromatic rings. The van der Waals surface area contributed by atoms with Crippen molar-refractivity contribution in [3.05, 3.63) is 36.2 Å². The molecule has 1 amide bonds. The minimum absolute atomic E-state index is 0.0711. The van der Waals surface area contributed by atoms with Gasteiger partial charge in [0.15, 0.2) is 5.16 Å². The van der Waals surface area contributed by atoms with Crippen molar-refractivity contribution >= 4 is 17.7 Å². The van der Waals surface area contributed by atoms with Gasteiger partial charge in [-0.3, -0.25) is 9.36 Å². The molecule has 0 unspecified atom stereocenters. The molecule has 21 heavy (non-hydrogen) atoms. The van der Waals surface area contributed by atoms with E-state index in [1.165, 1.54) is 11.8 Å². The Kier molecular flexibility index (Phi) is 3.96. The molecule has 1 saturated carbocycles. The number of thioether (sulfide) groups is 1. The number of benzene rings is 1. The Morgan fingerprint density at radius 3 is 2.90 bits per heavy atom. The summed E-state index contributed by atoms with van der Waals surface area (Å²) in [4.78, 5) is 12.0. The van der Waals surface area contributed by atoms with Crippen molar-refractivity contribution < 1.29 is 4.79 Å². The maximum absolute atomic E-state index is 12.0. The SMILES string of the molecule is Cc1ccccc1-n1cnnc1S[C@H](C)C(=O)NC1CC1. The van der Waals surface area contributed by atoms with Gasteiger partial charge in [0.2, 0.25) is 5.91 Å². The van der Waals surface area contributed by atoms with Crippen molar-refractivity contribution in [1.29, 1.82) is 0 Å². The second-order valence-electron chi connectivity index (χ2n) is 5.31. The van der Waals surface area contributed by atoms with Crippen LogP contribution in [0.4, 0.5) is 0 Å². The van der Waals surface area contributed by atoms with Crippen LogP contribution in [-0.2, 0) is 4.79 Å². The van der Waals surface area contributed by atoms with E-state index in [2.05, 4.69) is 15.5 Å². The fraction of sp³-hybridized carbons (Fsp3) is 0.400. The van der Waals surface area contributed by atoms with Crippen molar-refractivity contribution in [3.63, 3.8) is 0 Å². The molecule has 0 bridgehead atoms. The fourth-order valence-corrected chi connectivity index (χ4v) is 2.91. The molecule has 1 aliphatic rings. The third-order valence-corrected chi connectivity index (χ3v) is 4.52. The average Bonchev–Trinajstić information content (AvgIpc) is 3.17. The number of rotatable bonds is 5. The molecular formula is C15H18N4OS. The number of hydrogen-bond acceptors (Lipinski definition) is 4.